The summed E-state index contributed by atoms with van der Waals surface area (Å²) in [6.07, 6.45) is 6.51. The zero-order valence-electron chi connectivity index (χ0n) is 13.9. The van der Waals surface area contributed by atoms with Crippen LogP contribution in [0.25, 0.3) is 0 Å². The number of nitrogens with zero attached hydrogens (tertiary/aromatic N) is 1. The van der Waals surface area contributed by atoms with Crippen LogP contribution in [0.2, 0.25) is 5.02 Å². The van der Waals surface area contributed by atoms with E-state index in [9.17, 15) is 9.59 Å². The zero-order valence-corrected chi connectivity index (χ0v) is 14.7. The Bertz CT molecular complexity index is 754. The van der Waals surface area contributed by atoms with E-state index in [4.69, 9.17) is 21.1 Å². The number of allylic oxidation sites excluding steroid dienone is 2. The predicted molar refractivity (Wildman–Crippen MR) is 92.7 cm³/mol. The topological polar surface area (TPSA) is 55.8 Å². The molecule has 6 heteroatoms. The highest BCUT2D eigenvalue weighted by molar-refractivity contribution is 6.33. The Labute approximate surface area is 145 Å². The lowest BCUT2D eigenvalue weighted by Gasteiger charge is -2.26. The molecule has 0 amide bonds. The molecule has 24 heavy (non-hydrogen) atoms. The molecule has 0 saturated carbocycles. The van der Waals surface area contributed by atoms with Crippen LogP contribution in [0.3, 0.4) is 0 Å². The minimum atomic E-state index is -0.664. The van der Waals surface area contributed by atoms with E-state index in [0.717, 1.165) is 11.1 Å². The number of benzene rings is 1. The third kappa shape index (κ3) is 3.36. The van der Waals surface area contributed by atoms with Crippen LogP contribution in [0, 0.1) is 13.8 Å². The summed E-state index contributed by atoms with van der Waals surface area (Å²) >= 11 is 6.41. The van der Waals surface area contributed by atoms with Gasteiger partial charge in [-0.25, -0.2) is 9.59 Å². The van der Waals surface area contributed by atoms with Gasteiger partial charge in [0.25, 0.3) is 0 Å². The summed E-state index contributed by atoms with van der Waals surface area (Å²) in [5.74, 6) is -1.30. The lowest BCUT2D eigenvalue weighted by molar-refractivity contribution is -0.139. The SMILES string of the molecule is COC(=O)C1=C(C(=O)OC)N(c2c(C)cc(C)cc2Cl)C=CC=C1. The number of hydrogen-bond acceptors (Lipinski definition) is 5. The van der Waals surface area contributed by atoms with Crippen molar-refractivity contribution in [3.63, 3.8) is 0 Å². The van der Waals surface area contributed by atoms with E-state index in [1.807, 2.05) is 19.9 Å². The van der Waals surface area contributed by atoms with E-state index in [2.05, 4.69) is 0 Å². The summed E-state index contributed by atoms with van der Waals surface area (Å²) in [5, 5.41) is 0.463. The van der Waals surface area contributed by atoms with Gasteiger partial charge in [0.2, 0.25) is 0 Å². The second kappa shape index (κ2) is 7.36. The summed E-state index contributed by atoms with van der Waals surface area (Å²) in [4.78, 5) is 26.1. The summed E-state index contributed by atoms with van der Waals surface area (Å²) in [6, 6.07) is 3.74. The Morgan fingerprint density at radius 3 is 2.29 bits per heavy atom. The molecule has 0 unspecified atom stereocenters. The minimum Gasteiger partial charge on any atom is -0.465 e. The third-order valence-electron chi connectivity index (χ3n) is 3.53. The molecule has 0 aromatic heterocycles. The summed E-state index contributed by atoms with van der Waals surface area (Å²) in [7, 11) is 2.51. The van der Waals surface area contributed by atoms with Gasteiger partial charge in [0.05, 0.1) is 30.5 Å². The van der Waals surface area contributed by atoms with Gasteiger partial charge >= 0.3 is 11.9 Å². The molecule has 0 radical (unpaired) electrons. The number of halogens is 1. The van der Waals surface area contributed by atoms with Crippen molar-refractivity contribution >= 4 is 29.2 Å². The van der Waals surface area contributed by atoms with Crippen LogP contribution in [0.15, 0.2) is 47.8 Å². The van der Waals surface area contributed by atoms with Crippen molar-refractivity contribution in [1.82, 2.24) is 0 Å². The van der Waals surface area contributed by atoms with Gasteiger partial charge in [-0.3, -0.25) is 0 Å². The molecule has 0 aliphatic carbocycles. The molecule has 2 rings (SSSR count). The van der Waals surface area contributed by atoms with Gasteiger partial charge in [0.15, 0.2) is 0 Å². The first-order valence-corrected chi connectivity index (χ1v) is 7.60. The Morgan fingerprint density at radius 1 is 1.04 bits per heavy atom. The Morgan fingerprint density at radius 2 is 1.71 bits per heavy atom. The van der Waals surface area contributed by atoms with Crippen molar-refractivity contribution in [3.05, 3.63) is 64.0 Å². The number of carbonyl (C=O) groups excluding carboxylic acids is 2. The molecule has 1 heterocycles. The van der Waals surface area contributed by atoms with E-state index in [-0.39, 0.29) is 11.3 Å². The largest absolute Gasteiger partial charge is 0.465 e. The van der Waals surface area contributed by atoms with E-state index in [1.54, 1.807) is 29.3 Å². The van der Waals surface area contributed by atoms with Gasteiger partial charge in [0.1, 0.15) is 5.70 Å². The molecule has 0 spiro atoms. The van der Waals surface area contributed by atoms with Crippen LogP contribution in [0.1, 0.15) is 11.1 Å². The third-order valence-corrected chi connectivity index (χ3v) is 3.82. The number of hydrogen-bond donors (Lipinski definition) is 0. The fourth-order valence-electron chi connectivity index (χ4n) is 2.55. The van der Waals surface area contributed by atoms with Crippen molar-refractivity contribution in [2.75, 3.05) is 19.1 Å². The highest BCUT2D eigenvalue weighted by Crippen LogP contribution is 2.35. The Balaban J connectivity index is 2.75. The van der Waals surface area contributed by atoms with Gasteiger partial charge in [0, 0.05) is 6.20 Å². The van der Waals surface area contributed by atoms with Crippen molar-refractivity contribution in [1.29, 1.82) is 0 Å². The summed E-state index contributed by atoms with van der Waals surface area (Å²) in [5.41, 5.74) is 2.59. The normalized spacial score (nSPS) is 13.8. The van der Waals surface area contributed by atoms with Crippen molar-refractivity contribution < 1.29 is 19.1 Å². The second-order valence-corrected chi connectivity index (χ2v) is 5.64. The molecule has 0 fully saturated rings. The maximum atomic E-state index is 12.4. The molecule has 126 valence electrons. The van der Waals surface area contributed by atoms with E-state index >= 15 is 0 Å². The van der Waals surface area contributed by atoms with E-state index < -0.39 is 11.9 Å². The van der Waals surface area contributed by atoms with E-state index in [1.165, 1.54) is 20.3 Å². The first kappa shape index (κ1) is 17.8. The van der Waals surface area contributed by atoms with Gasteiger partial charge < -0.3 is 14.4 Å². The fraction of sp³-hybridized carbons (Fsp3) is 0.222. The average Bonchev–Trinajstić information content (AvgIpc) is 2.75. The summed E-state index contributed by atoms with van der Waals surface area (Å²) < 4.78 is 9.66. The highest BCUT2D eigenvalue weighted by Gasteiger charge is 2.29. The molecule has 0 bridgehead atoms. The Kier molecular flexibility index (Phi) is 5.46. The van der Waals surface area contributed by atoms with Crippen LogP contribution in [0.5, 0.6) is 0 Å². The van der Waals surface area contributed by atoms with Gasteiger partial charge in [-0.05, 0) is 43.2 Å². The lowest BCUT2D eigenvalue weighted by atomic mass is 10.1. The first-order valence-electron chi connectivity index (χ1n) is 7.22. The summed E-state index contributed by atoms with van der Waals surface area (Å²) in [6.45, 7) is 3.81. The van der Waals surface area contributed by atoms with Crippen molar-refractivity contribution in [2.45, 2.75) is 13.8 Å². The number of carbonyl (C=O) groups is 2. The number of aryl methyl sites for hydroxylation is 2. The quantitative estimate of drug-likeness (QED) is 0.784. The van der Waals surface area contributed by atoms with E-state index in [0.29, 0.717) is 10.7 Å². The molecule has 0 atom stereocenters. The maximum absolute atomic E-state index is 12.4. The maximum Gasteiger partial charge on any atom is 0.355 e. The smallest absolute Gasteiger partial charge is 0.355 e. The molecule has 5 nitrogen and oxygen atoms in total. The molecular weight excluding hydrogens is 330 g/mol. The number of esters is 2. The molecular formula is C18H18ClNO4. The Hall–Kier alpha value is -2.53. The zero-order chi connectivity index (χ0) is 17.9. The second-order valence-electron chi connectivity index (χ2n) is 5.23. The molecule has 1 aromatic rings. The monoisotopic (exact) mass is 347 g/mol. The number of ether oxygens (including phenoxy) is 2. The van der Waals surface area contributed by atoms with Gasteiger partial charge in [-0.15, -0.1) is 0 Å². The molecule has 1 aromatic carbocycles. The lowest BCUT2D eigenvalue weighted by Crippen LogP contribution is -2.27. The fourth-order valence-corrected chi connectivity index (χ4v) is 2.96. The van der Waals surface area contributed by atoms with Gasteiger partial charge in [-0.1, -0.05) is 23.7 Å². The van der Waals surface area contributed by atoms with Crippen molar-refractivity contribution in [2.24, 2.45) is 0 Å². The predicted octanol–water partition coefficient (Wildman–Crippen LogP) is 3.45. The van der Waals surface area contributed by atoms with Gasteiger partial charge in [-0.2, -0.15) is 0 Å². The van der Waals surface area contributed by atoms with Crippen LogP contribution in [0.4, 0.5) is 5.69 Å². The molecule has 1 aliphatic rings. The number of anilines is 1. The molecule has 0 saturated heterocycles. The minimum absolute atomic E-state index is 0.0446. The number of methoxy groups -OCH3 is 2. The van der Waals surface area contributed by atoms with Crippen LogP contribution in [-0.4, -0.2) is 26.2 Å². The standard InChI is InChI=1S/C18H18ClNO4/c1-11-9-12(2)15(14(19)10-11)20-8-6-5-7-13(17(21)23-3)16(20)18(22)24-4/h5-10H,1-4H3. The van der Waals surface area contributed by atoms with Crippen molar-refractivity contribution in [3.8, 4) is 0 Å². The molecule has 0 N–H and O–H groups in total. The first-order chi connectivity index (χ1) is 11.4. The average molecular weight is 348 g/mol. The van der Waals surface area contributed by atoms with Crippen LogP contribution in [-0.2, 0) is 19.1 Å². The van der Waals surface area contributed by atoms with Crippen LogP contribution >= 0.6 is 11.6 Å². The molecule has 1 aliphatic heterocycles. The number of rotatable bonds is 3. The highest BCUT2D eigenvalue weighted by atomic mass is 35.5. The van der Waals surface area contributed by atoms with Crippen LogP contribution < -0.4 is 4.90 Å².